The van der Waals surface area contributed by atoms with Gasteiger partial charge in [-0.1, -0.05) is 41.4 Å². The summed E-state index contributed by atoms with van der Waals surface area (Å²) in [6.45, 7) is 4.25. The van der Waals surface area contributed by atoms with Crippen LogP contribution in [0.2, 0.25) is 10.0 Å². The van der Waals surface area contributed by atoms with E-state index in [1.54, 1.807) is 12.4 Å². The summed E-state index contributed by atoms with van der Waals surface area (Å²) in [4.78, 5) is 11.3. The molecule has 1 aliphatic rings. The van der Waals surface area contributed by atoms with Crippen molar-refractivity contribution in [2.24, 2.45) is 0 Å². The molecule has 0 saturated carbocycles. The summed E-state index contributed by atoms with van der Waals surface area (Å²) < 4.78 is 0. The van der Waals surface area contributed by atoms with Crippen LogP contribution in [0.15, 0.2) is 54.9 Å². The zero-order chi connectivity index (χ0) is 21.5. The lowest BCUT2D eigenvalue weighted by Gasteiger charge is -2.14. The minimum atomic E-state index is 0.508. The lowest BCUT2D eigenvalue weighted by atomic mass is 10.1. The normalized spacial score (nSPS) is 14.0. The molecule has 3 aromatic rings. The molecule has 0 spiro atoms. The lowest BCUT2D eigenvalue weighted by molar-refractivity contribution is 0.334. The monoisotopic (exact) mass is 455 g/mol. The highest BCUT2D eigenvalue weighted by Crippen LogP contribution is 2.25. The highest BCUT2D eigenvalue weighted by molar-refractivity contribution is 6.36. The van der Waals surface area contributed by atoms with E-state index in [4.69, 9.17) is 23.2 Å². The molecule has 0 amide bonds. The van der Waals surface area contributed by atoms with Gasteiger partial charge in [0.1, 0.15) is 0 Å². The Hall–Kier alpha value is -2.34. The average Bonchev–Trinajstić information content (AvgIpc) is 3.29. The molecular weight excluding hydrogens is 429 g/mol. The predicted octanol–water partition coefficient (Wildman–Crippen LogP) is 6.17. The summed E-state index contributed by atoms with van der Waals surface area (Å²) in [5.74, 6) is 0.558. The third-order valence-corrected chi connectivity index (χ3v) is 6.24. The molecular formula is C24H27Cl2N5. The summed E-state index contributed by atoms with van der Waals surface area (Å²) in [5.41, 5.74) is 4.00. The minimum Gasteiger partial charge on any atom is -0.378 e. The van der Waals surface area contributed by atoms with Gasteiger partial charge in [0.15, 0.2) is 0 Å². The second-order valence-corrected chi connectivity index (χ2v) is 8.64. The average molecular weight is 456 g/mol. The van der Waals surface area contributed by atoms with E-state index < -0.39 is 0 Å². The minimum absolute atomic E-state index is 0.508. The molecule has 0 bridgehead atoms. The van der Waals surface area contributed by atoms with Gasteiger partial charge < -0.3 is 15.5 Å². The SMILES string of the molecule is Clc1cccc(Cl)c1CNc1cnc(Nc2ccc(CCCN3CCCC3)cc2)nc1. The van der Waals surface area contributed by atoms with Gasteiger partial charge in [-0.05, 0) is 75.1 Å². The van der Waals surface area contributed by atoms with E-state index >= 15 is 0 Å². The van der Waals surface area contributed by atoms with Crippen LogP contribution in [-0.4, -0.2) is 34.5 Å². The summed E-state index contributed by atoms with van der Waals surface area (Å²) in [6, 6.07) is 14.0. The summed E-state index contributed by atoms with van der Waals surface area (Å²) in [6.07, 6.45) is 8.52. The summed E-state index contributed by atoms with van der Waals surface area (Å²) >= 11 is 12.4. The molecule has 2 heterocycles. The van der Waals surface area contributed by atoms with Crippen molar-refractivity contribution in [3.05, 3.63) is 76.0 Å². The van der Waals surface area contributed by atoms with E-state index in [2.05, 4.69) is 49.8 Å². The number of nitrogens with one attached hydrogen (secondary N) is 2. The Morgan fingerprint density at radius 1 is 0.871 bits per heavy atom. The van der Waals surface area contributed by atoms with E-state index in [1.165, 1.54) is 44.5 Å². The lowest BCUT2D eigenvalue weighted by Crippen LogP contribution is -2.20. The van der Waals surface area contributed by atoms with Crippen molar-refractivity contribution in [1.82, 2.24) is 14.9 Å². The Balaban J connectivity index is 1.25. The Morgan fingerprint density at radius 3 is 2.23 bits per heavy atom. The maximum Gasteiger partial charge on any atom is 0.227 e. The van der Waals surface area contributed by atoms with Crippen molar-refractivity contribution < 1.29 is 0 Å². The molecule has 0 radical (unpaired) electrons. The maximum absolute atomic E-state index is 6.21. The molecule has 0 unspecified atom stereocenters. The van der Waals surface area contributed by atoms with Crippen LogP contribution in [0, 0.1) is 0 Å². The first-order valence-corrected chi connectivity index (χ1v) is 11.5. The standard InChI is InChI=1S/C24H27Cl2N5/c25-22-6-3-7-23(26)21(22)17-27-20-15-28-24(29-16-20)30-19-10-8-18(9-11-19)5-4-14-31-12-1-2-13-31/h3,6-11,15-16,27H,1-2,4-5,12-14,17H2,(H,28,29,30). The van der Waals surface area contributed by atoms with Crippen LogP contribution in [0.25, 0.3) is 0 Å². The van der Waals surface area contributed by atoms with Gasteiger partial charge in [0.2, 0.25) is 5.95 Å². The van der Waals surface area contributed by atoms with Crippen LogP contribution in [-0.2, 0) is 13.0 Å². The highest BCUT2D eigenvalue weighted by atomic mass is 35.5. The third-order valence-electron chi connectivity index (χ3n) is 5.53. The zero-order valence-corrected chi connectivity index (χ0v) is 19.0. The molecule has 4 rings (SSSR count). The number of hydrogen-bond donors (Lipinski definition) is 2. The summed E-state index contributed by atoms with van der Waals surface area (Å²) in [7, 11) is 0. The predicted molar refractivity (Wildman–Crippen MR) is 130 cm³/mol. The molecule has 7 heteroatoms. The van der Waals surface area contributed by atoms with Crippen LogP contribution >= 0.6 is 23.2 Å². The highest BCUT2D eigenvalue weighted by Gasteiger charge is 2.10. The zero-order valence-electron chi connectivity index (χ0n) is 17.5. The fourth-order valence-corrected chi connectivity index (χ4v) is 4.30. The first-order valence-electron chi connectivity index (χ1n) is 10.7. The van der Waals surface area contributed by atoms with Gasteiger partial charge in [0.25, 0.3) is 0 Å². The number of likely N-dealkylation sites (tertiary alicyclic amines) is 1. The van der Waals surface area contributed by atoms with Gasteiger partial charge in [-0.3, -0.25) is 0 Å². The van der Waals surface area contributed by atoms with Crippen LogP contribution in [0.5, 0.6) is 0 Å². The Bertz CT molecular complexity index is 950. The van der Waals surface area contributed by atoms with Gasteiger partial charge in [-0.25, -0.2) is 9.97 Å². The molecule has 1 saturated heterocycles. The molecule has 2 N–H and O–H groups in total. The molecule has 162 valence electrons. The largest absolute Gasteiger partial charge is 0.378 e. The van der Waals surface area contributed by atoms with E-state index in [9.17, 15) is 0 Å². The van der Waals surface area contributed by atoms with E-state index in [0.717, 1.165) is 23.4 Å². The van der Waals surface area contributed by atoms with Crippen molar-refractivity contribution in [3.63, 3.8) is 0 Å². The number of anilines is 3. The molecule has 1 fully saturated rings. The number of benzene rings is 2. The van der Waals surface area contributed by atoms with Crippen molar-refractivity contribution in [3.8, 4) is 0 Å². The van der Waals surface area contributed by atoms with Crippen LogP contribution < -0.4 is 10.6 Å². The fourth-order valence-electron chi connectivity index (χ4n) is 3.77. The third kappa shape index (κ3) is 6.33. The second kappa shape index (κ2) is 10.8. The number of nitrogens with zero attached hydrogens (tertiary/aromatic N) is 3. The molecule has 1 aliphatic heterocycles. The van der Waals surface area contributed by atoms with E-state index in [-0.39, 0.29) is 0 Å². The van der Waals surface area contributed by atoms with Gasteiger partial charge >= 0.3 is 0 Å². The van der Waals surface area contributed by atoms with Crippen LogP contribution in [0.1, 0.15) is 30.4 Å². The number of halogens is 2. The molecule has 1 aromatic heterocycles. The topological polar surface area (TPSA) is 53.1 Å². The smallest absolute Gasteiger partial charge is 0.227 e. The van der Waals surface area contributed by atoms with E-state index in [1.807, 2.05) is 18.2 Å². The number of rotatable bonds is 9. The Morgan fingerprint density at radius 2 is 1.55 bits per heavy atom. The molecule has 5 nitrogen and oxygen atoms in total. The molecule has 0 atom stereocenters. The number of aromatic nitrogens is 2. The van der Waals surface area contributed by atoms with Crippen LogP contribution in [0.4, 0.5) is 17.3 Å². The second-order valence-electron chi connectivity index (χ2n) is 7.82. The van der Waals surface area contributed by atoms with Gasteiger partial charge in [-0.15, -0.1) is 0 Å². The van der Waals surface area contributed by atoms with Crippen molar-refractivity contribution in [1.29, 1.82) is 0 Å². The summed E-state index contributed by atoms with van der Waals surface area (Å²) in [5, 5.41) is 7.78. The molecule has 31 heavy (non-hydrogen) atoms. The molecule has 0 aliphatic carbocycles. The molecule has 2 aromatic carbocycles. The number of aryl methyl sites for hydroxylation is 1. The van der Waals surface area contributed by atoms with Crippen molar-refractivity contribution in [2.75, 3.05) is 30.3 Å². The first kappa shape index (κ1) is 21.9. The van der Waals surface area contributed by atoms with Crippen molar-refractivity contribution in [2.45, 2.75) is 32.2 Å². The Kier molecular flexibility index (Phi) is 7.62. The number of hydrogen-bond acceptors (Lipinski definition) is 5. The first-order chi connectivity index (χ1) is 15.2. The quantitative estimate of drug-likeness (QED) is 0.404. The van der Waals surface area contributed by atoms with Gasteiger partial charge in [0.05, 0.1) is 18.1 Å². The Labute approximate surface area is 193 Å². The maximum atomic E-state index is 6.21. The van der Waals surface area contributed by atoms with Gasteiger partial charge in [0, 0.05) is 27.8 Å². The van der Waals surface area contributed by atoms with Crippen LogP contribution in [0.3, 0.4) is 0 Å². The fraction of sp³-hybridized carbons (Fsp3) is 0.333. The van der Waals surface area contributed by atoms with Gasteiger partial charge in [-0.2, -0.15) is 0 Å². The van der Waals surface area contributed by atoms with Crippen molar-refractivity contribution >= 4 is 40.5 Å². The van der Waals surface area contributed by atoms with E-state index in [0.29, 0.717) is 22.5 Å².